The number of hydrogen-bond donors (Lipinski definition) is 0. The summed E-state index contributed by atoms with van der Waals surface area (Å²) < 4.78 is 8.81. The van der Waals surface area contributed by atoms with E-state index in [1.165, 1.54) is 69.8 Å². The molecule has 1 fully saturated rings. The summed E-state index contributed by atoms with van der Waals surface area (Å²) in [4.78, 5) is 5.16. The molecule has 1 aliphatic carbocycles. The van der Waals surface area contributed by atoms with Crippen LogP contribution in [0.1, 0.15) is 53.9 Å². The third-order valence-corrected chi connectivity index (χ3v) is 7.26. The van der Waals surface area contributed by atoms with E-state index in [0.717, 1.165) is 22.8 Å². The highest BCUT2D eigenvalue weighted by Crippen LogP contribution is 2.48. The molecule has 4 aromatic rings. The van der Waals surface area contributed by atoms with Crippen LogP contribution in [0.3, 0.4) is 0 Å². The highest BCUT2D eigenvalue weighted by atomic mass is 16.5. The maximum atomic E-state index is 6.50. The number of para-hydroxylation sites is 1. The Labute approximate surface area is 177 Å². The Balaban J connectivity index is 1.73. The van der Waals surface area contributed by atoms with Gasteiger partial charge in [0.05, 0.1) is 5.56 Å². The third-order valence-electron chi connectivity index (χ3n) is 7.26. The maximum Gasteiger partial charge on any atom is 0.294 e. The number of ether oxygens (including phenoxy) is 1. The normalized spacial score (nSPS) is 15.6. The van der Waals surface area contributed by atoms with E-state index >= 15 is 0 Å². The first-order chi connectivity index (χ1) is 14.5. The van der Waals surface area contributed by atoms with E-state index in [2.05, 4.69) is 68.8 Å². The lowest BCUT2D eigenvalue weighted by Crippen LogP contribution is -2.34. The highest BCUT2D eigenvalue weighted by Gasteiger charge is 2.34. The van der Waals surface area contributed by atoms with Crippen LogP contribution in [0.15, 0.2) is 36.4 Å². The fourth-order valence-corrected chi connectivity index (χ4v) is 5.64. The van der Waals surface area contributed by atoms with E-state index < -0.39 is 0 Å². The Hall–Kier alpha value is -2.94. The average molecular weight is 396 g/mol. The van der Waals surface area contributed by atoms with Crippen molar-refractivity contribution in [3.63, 3.8) is 0 Å². The minimum absolute atomic E-state index is 0.616. The molecular weight excluding hydrogens is 368 g/mol. The van der Waals surface area contributed by atoms with Crippen molar-refractivity contribution in [2.75, 3.05) is 0 Å². The van der Waals surface area contributed by atoms with Crippen LogP contribution in [0.5, 0.6) is 11.6 Å². The third kappa shape index (κ3) is 2.38. The Morgan fingerprint density at radius 1 is 1.03 bits per heavy atom. The summed E-state index contributed by atoms with van der Waals surface area (Å²) >= 11 is 0. The monoisotopic (exact) mass is 395 g/mol. The summed E-state index contributed by atoms with van der Waals surface area (Å²) in [7, 11) is 2.16. The molecule has 0 saturated heterocycles. The number of aryl methyl sites for hydroxylation is 3. The molecule has 3 aromatic carbocycles. The zero-order chi connectivity index (χ0) is 20.6. The van der Waals surface area contributed by atoms with Crippen LogP contribution in [0, 0.1) is 20.8 Å². The number of rotatable bonds is 1. The van der Waals surface area contributed by atoms with Gasteiger partial charge in [0.25, 0.3) is 11.6 Å². The van der Waals surface area contributed by atoms with Crippen LogP contribution in [-0.2, 0) is 7.05 Å². The van der Waals surface area contributed by atoms with Crippen molar-refractivity contribution in [2.24, 2.45) is 7.05 Å². The number of hydrogen-bond acceptors (Lipinski definition) is 2. The van der Waals surface area contributed by atoms with Gasteiger partial charge in [0.2, 0.25) is 5.52 Å². The van der Waals surface area contributed by atoms with Crippen molar-refractivity contribution in [3.8, 4) is 22.9 Å². The van der Waals surface area contributed by atoms with Crippen molar-refractivity contribution >= 4 is 21.8 Å². The standard InChI is InChI=1S/C27H27N2O/c1-15-12-19-14-16(2)17(3)23-24(19)22(13-15)30-27-26(23)29(4)21-11-7-10-20(25(21)28-27)18-8-5-6-9-18/h7,10-14,18H,5-6,8-9H2,1-4H3/q+1. The van der Waals surface area contributed by atoms with Gasteiger partial charge in [0, 0.05) is 11.5 Å². The van der Waals surface area contributed by atoms with Crippen LogP contribution in [0.25, 0.3) is 33.1 Å². The second-order valence-corrected chi connectivity index (χ2v) is 9.18. The van der Waals surface area contributed by atoms with E-state index in [1.54, 1.807) is 0 Å². The molecule has 1 aliphatic heterocycles. The molecule has 6 rings (SSSR count). The predicted molar refractivity (Wildman–Crippen MR) is 121 cm³/mol. The lowest BCUT2D eigenvalue weighted by molar-refractivity contribution is -0.634. The van der Waals surface area contributed by atoms with Gasteiger partial charge in [-0.2, -0.15) is 4.57 Å². The number of fused-ring (bicyclic) bond motifs is 3. The zero-order valence-electron chi connectivity index (χ0n) is 18.2. The van der Waals surface area contributed by atoms with E-state index in [-0.39, 0.29) is 0 Å². The molecule has 1 aromatic heterocycles. The summed E-state index contributed by atoms with van der Waals surface area (Å²) in [5.41, 5.74) is 9.86. The first-order valence-corrected chi connectivity index (χ1v) is 11.1. The smallest absolute Gasteiger partial charge is 0.294 e. The summed E-state index contributed by atoms with van der Waals surface area (Å²) in [5, 5.41) is 2.45. The lowest BCUT2D eigenvalue weighted by atomic mass is 9.90. The van der Waals surface area contributed by atoms with Crippen LogP contribution in [-0.4, -0.2) is 4.98 Å². The van der Waals surface area contributed by atoms with Crippen molar-refractivity contribution in [2.45, 2.75) is 52.4 Å². The molecule has 150 valence electrons. The van der Waals surface area contributed by atoms with Crippen molar-refractivity contribution in [3.05, 3.63) is 58.7 Å². The van der Waals surface area contributed by atoms with Gasteiger partial charge in [-0.15, -0.1) is 0 Å². The van der Waals surface area contributed by atoms with Crippen molar-refractivity contribution < 1.29 is 9.30 Å². The second kappa shape index (κ2) is 6.28. The summed E-state index contributed by atoms with van der Waals surface area (Å²) in [6, 6.07) is 13.4. The van der Waals surface area contributed by atoms with Gasteiger partial charge in [0.15, 0.2) is 0 Å². The van der Waals surface area contributed by atoms with E-state index in [0.29, 0.717) is 5.92 Å². The first-order valence-electron chi connectivity index (χ1n) is 11.1. The van der Waals surface area contributed by atoms with Gasteiger partial charge >= 0.3 is 0 Å². The van der Waals surface area contributed by atoms with Gasteiger partial charge in [-0.05, 0) is 73.2 Å². The van der Waals surface area contributed by atoms with Crippen LogP contribution >= 0.6 is 0 Å². The molecule has 2 heterocycles. The quantitative estimate of drug-likeness (QED) is 0.300. The van der Waals surface area contributed by atoms with Gasteiger partial charge in [0.1, 0.15) is 18.3 Å². The van der Waals surface area contributed by atoms with Crippen LogP contribution in [0.4, 0.5) is 0 Å². The largest absolute Gasteiger partial charge is 0.433 e. The summed E-state index contributed by atoms with van der Waals surface area (Å²) in [5.74, 6) is 2.29. The van der Waals surface area contributed by atoms with Gasteiger partial charge in [-0.1, -0.05) is 37.1 Å². The SMILES string of the molecule is Cc1cc2c3c(c(C)c(C)cc3c1)-c1c(nc3c(C4CCCC4)cccc3[n+]1C)O2. The van der Waals surface area contributed by atoms with Gasteiger partial charge in [-0.25, -0.2) is 4.98 Å². The van der Waals surface area contributed by atoms with E-state index in [4.69, 9.17) is 9.72 Å². The van der Waals surface area contributed by atoms with Crippen molar-refractivity contribution in [1.29, 1.82) is 0 Å². The van der Waals surface area contributed by atoms with E-state index in [9.17, 15) is 0 Å². The Kier molecular flexibility index (Phi) is 3.74. The molecule has 1 saturated carbocycles. The molecule has 30 heavy (non-hydrogen) atoms. The molecule has 0 unspecified atom stereocenters. The summed E-state index contributed by atoms with van der Waals surface area (Å²) in [6.07, 6.45) is 5.17. The highest BCUT2D eigenvalue weighted by molar-refractivity contribution is 6.05. The molecule has 0 atom stereocenters. The summed E-state index contributed by atoms with van der Waals surface area (Å²) in [6.45, 7) is 6.56. The molecule has 2 aliphatic rings. The topological polar surface area (TPSA) is 26.0 Å². The van der Waals surface area contributed by atoms with Crippen LogP contribution < -0.4 is 9.30 Å². The van der Waals surface area contributed by atoms with Crippen LogP contribution in [0.2, 0.25) is 0 Å². The van der Waals surface area contributed by atoms with E-state index in [1.807, 2.05) is 0 Å². The lowest BCUT2D eigenvalue weighted by Gasteiger charge is -2.22. The fraction of sp³-hybridized carbons (Fsp3) is 0.333. The molecule has 0 N–H and O–H groups in total. The second-order valence-electron chi connectivity index (χ2n) is 9.18. The minimum Gasteiger partial charge on any atom is -0.433 e. The molecular formula is C27H27N2O+. The van der Waals surface area contributed by atoms with Gasteiger partial charge < -0.3 is 4.74 Å². The molecule has 0 spiro atoms. The molecule has 3 nitrogen and oxygen atoms in total. The molecule has 0 radical (unpaired) electrons. The van der Waals surface area contributed by atoms with Crippen molar-refractivity contribution in [1.82, 2.24) is 4.98 Å². The average Bonchev–Trinajstić information content (AvgIpc) is 3.25. The fourth-order valence-electron chi connectivity index (χ4n) is 5.64. The first kappa shape index (κ1) is 17.9. The Morgan fingerprint density at radius 3 is 2.63 bits per heavy atom. The molecule has 0 bridgehead atoms. The Bertz CT molecular complexity index is 1360. The minimum atomic E-state index is 0.616. The number of benzene rings is 3. The molecule has 3 heteroatoms. The molecule has 0 amide bonds. The predicted octanol–water partition coefficient (Wildman–Crippen LogP) is 6.57. The number of aromatic nitrogens is 2. The Morgan fingerprint density at radius 2 is 1.83 bits per heavy atom. The number of nitrogens with zero attached hydrogens (tertiary/aromatic N) is 2. The van der Waals surface area contributed by atoms with Gasteiger partial charge in [-0.3, -0.25) is 0 Å². The maximum absolute atomic E-state index is 6.50. The zero-order valence-corrected chi connectivity index (χ0v) is 18.2.